The summed E-state index contributed by atoms with van der Waals surface area (Å²) in [6.45, 7) is 7.01. The summed E-state index contributed by atoms with van der Waals surface area (Å²) in [5.41, 5.74) is 2.04. The molecule has 0 aromatic heterocycles. The van der Waals surface area contributed by atoms with Crippen LogP contribution in [0.4, 0.5) is 0 Å². The lowest BCUT2D eigenvalue weighted by molar-refractivity contribution is -0.144. The van der Waals surface area contributed by atoms with Gasteiger partial charge in [-0.05, 0) is 31.0 Å². The number of carbonyl (C=O) groups is 2. The normalized spacial score (nSPS) is 9.90. The Morgan fingerprint density at radius 2 is 2.10 bits per heavy atom. The molecule has 0 aliphatic rings. The zero-order valence-electron chi connectivity index (χ0n) is 11.8. The van der Waals surface area contributed by atoms with E-state index < -0.39 is 5.97 Å². The third-order valence-electron chi connectivity index (χ3n) is 2.93. The Kier molecular flexibility index (Phi) is 5.77. The highest BCUT2D eigenvalue weighted by atomic mass is 16.5. The van der Waals surface area contributed by atoms with Gasteiger partial charge in [0.1, 0.15) is 12.3 Å². The van der Waals surface area contributed by atoms with Crippen molar-refractivity contribution < 1.29 is 19.4 Å². The molecule has 0 atom stereocenters. The van der Waals surface area contributed by atoms with Crippen molar-refractivity contribution in [1.82, 2.24) is 4.90 Å². The van der Waals surface area contributed by atoms with Gasteiger partial charge < -0.3 is 14.7 Å². The Morgan fingerprint density at radius 3 is 2.70 bits per heavy atom. The molecular weight excluding hydrogens is 258 g/mol. The van der Waals surface area contributed by atoms with Crippen LogP contribution in [-0.4, -0.2) is 41.6 Å². The summed E-state index contributed by atoms with van der Waals surface area (Å²) in [6.07, 6.45) is 1.48. The van der Waals surface area contributed by atoms with E-state index in [9.17, 15) is 9.59 Å². The van der Waals surface area contributed by atoms with Gasteiger partial charge in [-0.25, -0.2) is 0 Å². The zero-order valence-corrected chi connectivity index (χ0v) is 11.8. The van der Waals surface area contributed by atoms with E-state index in [1.54, 1.807) is 6.07 Å². The smallest absolute Gasteiger partial charge is 0.323 e. The summed E-state index contributed by atoms with van der Waals surface area (Å²) in [4.78, 5) is 23.8. The average Bonchev–Trinajstić information content (AvgIpc) is 2.39. The minimum atomic E-state index is -1.06. The lowest BCUT2D eigenvalue weighted by atomic mass is 10.1. The highest BCUT2D eigenvalue weighted by molar-refractivity contribution is 5.82. The molecule has 0 heterocycles. The second kappa shape index (κ2) is 7.33. The first-order chi connectivity index (χ1) is 9.45. The molecule has 5 nitrogen and oxygen atoms in total. The molecule has 0 saturated carbocycles. The fourth-order valence-electron chi connectivity index (χ4n) is 1.68. The summed E-state index contributed by atoms with van der Waals surface area (Å²) >= 11 is 0. The molecular formula is C15H19NO4. The molecule has 0 aliphatic heterocycles. The number of hydrogen-bond donors (Lipinski definition) is 1. The molecule has 0 bridgehead atoms. The molecule has 0 unspecified atom stereocenters. The van der Waals surface area contributed by atoms with E-state index in [0.717, 1.165) is 11.1 Å². The summed E-state index contributed by atoms with van der Waals surface area (Å²) in [7, 11) is 0. The van der Waals surface area contributed by atoms with Crippen LogP contribution < -0.4 is 4.74 Å². The molecule has 0 spiro atoms. The molecule has 1 rings (SSSR count). The Bertz CT molecular complexity index is 511. The number of ether oxygens (including phenoxy) is 1. The predicted octanol–water partition coefficient (Wildman–Crippen LogP) is 1.78. The van der Waals surface area contributed by atoms with Crippen molar-refractivity contribution in [3.05, 3.63) is 42.0 Å². The molecule has 1 aromatic rings. The van der Waals surface area contributed by atoms with Crippen molar-refractivity contribution >= 4 is 11.9 Å². The fourth-order valence-corrected chi connectivity index (χ4v) is 1.68. The first kappa shape index (κ1) is 15.8. The SMILES string of the molecule is C=CCN(CC(=O)O)C(=O)COc1cccc(C)c1C. The van der Waals surface area contributed by atoms with E-state index in [1.165, 1.54) is 11.0 Å². The lowest BCUT2D eigenvalue weighted by Crippen LogP contribution is -2.38. The van der Waals surface area contributed by atoms with Gasteiger partial charge in [0.05, 0.1) is 0 Å². The second-order valence-corrected chi connectivity index (χ2v) is 4.44. The van der Waals surface area contributed by atoms with Crippen LogP contribution in [0.3, 0.4) is 0 Å². The van der Waals surface area contributed by atoms with E-state index >= 15 is 0 Å². The van der Waals surface area contributed by atoms with Crippen LogP contribution in [0.1, 0.15) is 11.1 Å². The summed E-state index contributed by atoms with van der Waals surface area (Å²) in [6, 6.07) is 5.59. The third kappa shape index (κ3) is 4.42. The molecule has 20 heavy (non-hydrogen) atoms. The largest absolute Gasteiger partial charge is 0.483 e. The third-order valence-corrected chi connectivity index (χ3v) is 2.93. The van der Waals surface area contributed by atoms with Crippen molar-refractivity contribution in [2.75, 3.05) is 19.7 Å². The van der Waals surface area contributed by atoms with E-state index in [4.69, 9.17) is 9.84 Å². The van der Waals surface area contributed by atoms with E-state index in [0.29, 0.717) is 5.75 Å². The number of hydrogen-bond acceptors (Lipinski definition) is 3. The van der Waals surface area contributed by atoms with Crippen molar-refractivity contribution in [1.29, 1.82) is 0 Å². The van der Waals surface area contributed by atoms with Crippen molar-refractivity contribution in [3.63, 3.8) is 0 Å². The van der Waals surface area contributed by atoms with Crippen LogP contribution in [0, 0.1) is 13.8 Å². The van der Waals surface area contributed by atoms with Gasteiger partial charge in [0.25, 0.3) is 5.91 Å². The Hall–Kier alpha value is -2.30. The number of carboxylic acids is 1. The monoisotopic (exact) mass is 277 g/mol. The van der Waals surface area contributed by atoms with E-state index in [1.807, 2.05) is 26.0 Å². The van der Waals surface area contributed by atoms with Gasteiger partial charge in [-0.1, -0.05) is 18.2 Å². The van der Waals surface area contributed by atoms with Gasteiger partial charge in [0.15, 0.2) is 6.61 Å². The van der Waals surface area contributed by atoms with Gasteiger partial charge in [-0.2, -0.15) is 0 Å². The predicted molar refractivity (Wildman–Crippen MR) is 75.8 cm³/mol. The molecule has 1 N–H and O–H groups in total. The maximum Gasteiger partial charge on any atom is 0.323 e. The number of rotatable bonds is 7. The molecule has 108 valence electrons. The quantitative estimate of drug-likeness (QED) is 0.771. The second-order valence-electron chi connectivity index (χ2n) is 4.44. The van der Waals surface area contributed by atoms with Gasteiger partial charge in [-0.3, -0.25) is 9.59 Å². The first-order valence-corrected chi connectivity index (χ1v) is 6.25. The lowest BCUT2D eigenvalue weighted by Gasteiger charge is -2.19. The molecule has 0 radical (unpaired) electrons. The summed E-state index contributed by atoms with van der Waals surface area (Å²) < 4.78 is 5.47. The highest BCUT2D eigenvalue weighted by Gasteiger charge is 2.16. The van der Waals surface area contributed by atoms with Crippen molar-refractivity contribution in [3.8, 4) is 5.75 Å². The number of benzene rings is 1. The van der Waals surface area contributed by atoms with Crippen molar-refractivity contribution in [2.45, 2.75) is 13.8 Å². The minimum Gasteiger partial charge on any atom is -0.483 e. The standard InChI is InChI=1S/C15H19NO4/c1-4-8-16(9-15(18)19)14(17)10-20-13-7-5-6-11(2)12(13)3/h4-7H,1,8-10H2,2-3H3,(H,18,19). The topological polar surface area (TPSA) is 66.8 Å². The Morgan fingerprint density at radius 1 is 1.40 bits per heavy atom. The molecule has 0 fully saturated rings. The minimum absolute atomic E-state index is 0.182. The fraction of sp³-hybridized carbons (Fsp3) is 0.333. The van der Waals surface area contributed by atoms with Crippen LogP contribution >= 0.6 is 0 Å². The maximum absolute atomic E-state index is 11.9. The van der Waals surface area contributed by atoms with Gasteiger partial charge in [0.2, 0.25) is 0 Å². The first-order valence-electron chi connectivity index (χ1n) is 6.25. The van der Waals surface area contributed by atoms with Crippen molar-refractivity contribution in [2.24, 2.45) is 0 Å². The highest BCUT2D eigenvalue weighted by Crippen LogP contribution is 2.20. The number of amides is 1. The maximum atomic E-state index is 11.9. The van der Waals surface area contributed by atoms with Crippen LogP contribution in [0.25, 0.3) is 0 Å². The van der Waals surface area contributed by atoms with Crippen LogP contribution in [-0.2, 0) is 9.59 Å². The number of aryl methyl sites for hydroxylation is 1. The molecule has 1 amide bonds. The van der Waals surface area contributed by atoms with Gasteiger partial charge >= 0.3 is 5.97 Å². The van der Waals surface area contributed by atoms with Gasteiger partial charge in [0, 0.05) is 6.54 Å². The summed E-state index contributed by atoms with van der Waals surface area (Å²) in [5, 5.41) is 8.76. The number of carboxylic acid groups (broad SMARTS) is 1. The van der Waals surface area contributed by atoms with Crippen LogP contribution in [0.15, 0.2) is 30.9 Å². The van der Waals surface area contributed by atoms with Gasteiger partial charge in [-0.15, -0.1) is 6.58 Å². The molecule has 1 aromatic carbocycles. The molecule has 0 saturated heterocycles. The van der Waals surface area contributed by atoms with E-state index in [-0.39, 0.29) is 25.6 Å². The number of nitrogens with zero attached hydrogens (tertiary/aromatic N) is 1. The zero-order chi connectivity index (χ0) is 15.1. The molecule has 0 aliphatic carbocycles. The number of aliphatic carboxylic acids is 1. The average molecular weight is 277 g/mol. The Balaban J connectivity index is 2.66. The Labute approximate surface area is 118 Å². The number of carbonyl (C=O) groups excluding carboxylic acids is 1. The summed E-state index contributed by atoms with van der Waals surface area (Å²) in [5.74, 6) is -0.813. The van der Waals surface area contributed by atoms with Crippen LogP contribution in [0.5, 0.6) is 5.75 Å². The van der Waals surface area contributed by atoms with Crippen LogP contribution in [0.2, 0.25) is 0 Å². The molecule has 5 heteroatoms. The van der Waals surface area contributed by atoms with E-state index in [2.05, 4.69) is 6.58 Å².